The minimum atomic E-state index is -0.0601. The van der Waals surface area contributed by atoms with E-state index in [9.17, 15) is 4.79 Å². The van der Waals surface area contributed by atoms with Crippen LogP contribution >= 0.6 is 22.7 Å². The summed E-state index contributed by atoms with van der Waals surface area (Å²) in [5.41, 5.74) is 0.981. The summed E-state index contributed by atoms with van der Waals surface area (Å²) >= 11 is 3.17. The van der Waals surface area contributed by atoms with Crippen LogP contribution in [-0.4, -0.2) is 21.0 Å². The van der Waals surface area contributed by atoms with Gasteiger partial charge in [0.15, 0.2) is 0 Å². The minimum absolute atomic E-state index is 0.0601. The van der Waals surface area contributed by atoms with Crippen molar-refractivity contribution in [2.45, 2.75) is 19.4 Å². The second-order valence-electron chi connectivity index (χ2n) is 5.34. The van der Waals surface area contributed by atoms with Gasteiger partial charge < -0.3 is 9.84 Å². The Morgan fingerprint density at radius 1 is 1.16 bits per heavy atom. The topological polar surface area (TPSA) is 80.9 Å². The fourth-order valence-electron chi connectivity index (χ4n) is 2.34. The highest BCUT2D eigenvalue weighted by Crippen LogP contribution is 2.23. The molecular weight excluding hydrogens is 356 g/mol. The van der Waals surface area contributed by atoms with Crippen molar-refractivity contribution in [2.75, 3.05) is 0 Å². The lowest BCUT2D eigenvalue weighted by Crippen LogP contribution is -2.23. The van der Waals surface area contributed by atoms with Crippen molar-refractivity contribution in [3.05, 3.63) is 52.7 Å². The third-order valence-electron chi connectivity index (χ3n) is 3.55. The number of carbonyl (C=O) groups excluding carboxylic acids is 1. The number of thiophene rings is 1. The Labute approximate surface area is 151 Å². The van der Waals surface area contributed by atoms with Gasteiger partial charge in [-0.15, -0.1) is 22.7 Å². The first-order chi connectivity index (χ1) is 12.3. The molecule has 0 spiro atoms. The number of benzene rings is 1. The van der Waals surface area contributed by atoms with Crippen LogP contribution in [0.5, 0.6) is 0 Å². The molecule has 0 bridgehead atoms. The average Bonchev–Trinajstić information content (AvgIpc) is 3.37. The summed E-state index contributed by atoms with van der Waals surface area (Å²) < 4.78 is 6.31. The molecule has 126 valence electrons. The molecule has 0 atom stereocenters. The van der Waals surface area contributed by atoms with Crippen molar-refractivity contribution < 1.29 is 9.32 Å². The highest BCUT2D eigenvalue weighted by Gasteiger charge is 2.11. The maximum absolute atomic E-state index is 12.0. The molecule has 4 rings (SSSR count). The highest BCUT2D eigenvalue weighted by atomic mass is 32.1. The van der Waals surface area contributed by atoms with Crippen LogP contribution in [0.15, 0.2) is 46.3 Å². The summed E-state index contributed by atoms with van der Waals surface area (Å²) in [6.45, 7) is 0.233. The van der Waals surface area contributed by atoms with Crippen molar-refractivity contribution in [3.63, 3.8) is 0 Å². The minimum Gasteiger partial charge on any atom is -0.347 e. The Bertz CT molecular complexity index is 958. The Balaban J connectivity index is 1.29. The van der Waals surface area contributed by atoms with Gasteiger partial charge in [0, 0.05) is 12.8 Å². The van der Waals surface area contributed by atoms with Crippen LogP contribution in [0.1, 0.15) is 17.3 Å². The molecule has 0 aliphatic rings. The molecule has 8 heteroatoms. The first-order valence-corrected chi connectivity index (χ1v) is 9.45. The Hall–Kier alpha value is -2.58. The van der Waals surface area contributed by atoms with Gasteiger partial charge in [0.2, 0.25) is 17.6 Å². The zero-order valence-electron chi connectivity index (χ0n) is 13.1. The molecule has 0 saturated carbocycles. The summed E-state index contributed by atoms with van der Waals surface area (Å²) in [6.07, 6.45) is 1.00. The highest BCUT2D eigenvalue weighted by molar-refractivity contribution is 7.18. The SMILES string of the molecule is O=C(CCc1nc2ccccc2s1)NCc1nc(-c2cccs2)no1. The molecule has 0 aliphatic carbocycles. The van der Waals surface area contributed by atoms with E-state index in [1.807, 2.05) is 41.8 Å². The molecule has 3 heterocycles. The number of aryl methyl sites for hydroxylation is 1. The largest absolute Gasteiger partial charge is 0.347 e. The number of hydrogen-bond donors (Lipinski definition) is 1. The van der Waals surface area contributed by atoms with Crippen molar-refractivity contribution in [2.24, 2.45) is 0 Å². The second-order valence-corrected chi connectivity index (χ2v) is 7.40. The normalized spacial score (nSPS) is 11.0. The van der Waals surface area contributed by atoms with Crippen molar-refractivity contribution >= 4 is 38.8 Å². The molecule has 0 fully saturated rings. The van der Waals surface area contributed by atoms with Gasteiger partial charge in [0.05, 0.1) is 26.6 Å². The van der Waals surface area contributed by atoms with E-state index >= 15 is 0 Å². The number of thiazole rings is 1. The van der Waals surface area contributed by atoms with Gasteiger partial charge >= 0.3 is 0 Å². The molecule has 0 unspecified atom stereocenters. The first kappa shape index (κ1) is 15.9. The van der Waals surface area contributed by atoms with E-state index in [0.717, 1.165) is 20.1 Å². The second kappa shape index (κ2) is 7.12. The number of carbonyl (C=O) groups is 1. The number of aromatic nitrogens is 3. The fraction of sp³-hybridized carbons (Fsp3) is 0.176. The summed E-state index contributed by atoms with van der Waals surface area (Å²) in [5, 5.41) is 9.65. The van der Waals surface area contributed by atoms with Gasteiger partial charge in [-0.2, -0.15) is 4.98 Å². The van der Waals surface area contributed by atoms with Gasteiger partial charge in [-0.25, -0.2) is 4.98 Å². The van der Waals surface area contributed by atoms with Crippen LogP contribution in [0, 0.1) is 0 Å². The third-order valence-corrected chi connectivity index (χ3v) is 5.51. The van der Waals surface area contributed by atoms with E-state index < -0.39 is 0 Å². The predicted molar refractivity (Wildman–Crippen MR) is 97.4 cm³/mol. The first-order valence-electron chi connectivity index (χ1n) is 7.75. The van der Waals surface area contributed by atoms with Gasteiger partial charge in [0.1, 0.15) is 0 Å². The standard InChI is InChI=1S/C17H14N4O2S2/c22-14(7-8-16-19-11-4-1-2-5-12(11)25-16)18-10-15-20-17(21-23-15)13-6-3-9-24-13/h1-6,9H,7-8,10H2,(H,18,22). The van der Waals surface area contributed by atoms with Gasteiger partial charge in [-0.05, 0) is 23.6 Å². The summed E-state index contributed by atoms with van der Waals surface area (Å²) in [7, 11) is 0. The molecule has 0 saturated heterocycles. The van der Waals surface area contributed by atoms with E-state index in [0.29, 0.717) is 24.6 Å². The van der Waals surface area contributed by atoms with Gasteiger partial charge in [0.25, 0.3) is 0 Å². The van der Waals surface area contributed by atoms with Crippen LogP contribution < -0.4 is 5.32 Å². The average molecular weight is 370 g/mol. The Morgan fingerprint density at radius 2 is 2.08 bits per heavy atom. The summed E-state index contributed by atoms with van der Waals surface area (Å²) in [5.74, 6) is 0.889. The van der Waals surface area contributed by atoms with Gasteiger partial charge in [-0.1, -0.05) is 23.4 Å². The van der Waals surface area contributed by atoms with Crippen LogP contribution in [0.3, 0.4) is 0 Å². The molecule has 1 amide bonds. The number of nitrogens with zero attached hydrogens (tertiary/aromatic N) is 3. The smallest absolute Gasteiger partial charge is 0.246 e. The van der Waals surface area contributed by atoms with Crippen LogP contribution in [0.25, 0.3) is 20.9 Å². The summed E-state index contributed by atoms with van der Waals surface area (Å²) in [6, 6.07) is 11.8. The molecule has 0 radical (unpaired) electrons. The van der Waals surface area contributed by atoms with E-state index in [4.69, 9.17) is 4.52 Å². The van der Waals surface area contributed by atoms with E-state index in [2.05, 4.69) is 20.4 Å². The molecule has 1 aromatic carbocycles. The molecule has 3 aromatic heterocycles. The molecule has 1 N–H and O–H groups in total. The van der Waals surface area contributed by atoms with E-state index in [-0.39, 0.29) is 12.5 Å². The molecule has 4 aromatic rings. The van der Waals surface area contributed by atoms with Crippen molar-refractivity contribution in [1.82, 2.24) is 20.4 Å². The number of fused-ring (bicyclic) bond motifs is 1. The maximum Gasteiger partial charge on any atom is 0.246 e. The maximum atomic E-state index is 12.0. The lowest BCUT2D eigenvalue weighted by Gasteiger charge is -2.00. The fourth-order valence-corrected chi connectivity index (χ4v) is 3.96. The van der Waals surface area contributed by atoms with Crippen LogP contribution in [0.2, 0.25) is 0 Å². The molecule has 0 aliphatic heterocycles. The molecular formula is C17H14N4O2S2. The summed E-state index contributed by atoms with van der Waals surface area (Å²) in [4.78, 5) is 21.8. The lowest BCUT2D eigenvalue weighted by molar-refractivity contribution is -0.121. The van der Waals surface area contributed by atoms with Gasteiger partial charge in [-0.3, -0.25) is 4.79 Å². The van der Waals surface area contributed by atoms with Crippen LogP contribution in [-0.2, 0) is 17.8 Å². The third kappa shape index (κ3) is 3.75. The number of rotatable bonds is 6. The van der Waals surface area contributed by atoms with E-state index in [1.165, 1.54) is 0 Å². The molecule has 25 heavy (non-hydrogen) atoms. The van der Waals surface area contributed by atoms with Crippen molar-refractivity contribution in [3.8, 4) is 10.7 Å². The number of nitrogens with one attached hydrogen (secondary N) is 1. The lowest BCUT2D eigenvalue weighted by atomic mass is 10.3. The Morgan fingerprint density at radius 3 is 2.92 bits per heavy atom. The number of amides is 1. The zero-order valence-corrected chi connectivity index (χ0v) is 14.8. The van der Waals surface area contributed by atoms with Crippen LogP contribution in [0.4, 0.5) is 0 Å². The monoisotopic (exact) mass is 370 g/mol. The van der Waals surface area contributed by atoms with E-state index in [1.54, 1.807) is 22.7 Å². The molecule has 6 nitrogen and oxygen atoms in total. The Kier molecular flexibility index (Phi) is 4.53. The number of para-hydroxylation sites is 1. The predicted octanol–water partition coefficient (Wildman–Crippen LogP) is 3.66. The quantitative estimate of drug-likeness (QED) is 0.560. The number of hydrogen-bond acceptors (Lipinski definition) is 7. The zero-order chi connectivity index (χ0) is 17.1. The van der Waals surface area contributed by atoms with Crippen molar-refractivity contribution in [1.29, 1.82) is 0 Å².